The molecule has 19 nitrogen and oxygen atoms in total. The Morgan fingerprint density at radius 3 is 1.96 bits per heavy atom. The quantitative estimate of drug-likeness (QED) is 0.0256. The molecule has 0 aromatic heterocycles. The van der Waals surface area contributed by atoms with Gasteiger partial charge in [-0.05, 0) is 46.3 Å². The number of rotatable bonds is 24. The Hall–Kier alpha value is -5.69. The lowest BCUT2D eigenvalue weighted by molar-refractivity contribution is -0.146. The zero-order valence-electron chi connectivity index (χ0n) is 30.4. The number of imide groups is 1. The highest BCUT2D eigenvalue weighted by Gasteiger charge is 2.33. The van der Waals surface area contributed by atoms with Crippen molar-refractivity contribution in [2.24, 2.45) is 5.41 Å². The van der Waals surface area contributed by atoms with Gasteiger partial charge in [0.15, 0.2) is 0 Å². The van der Waals surface area contributed by atoms with E-state index in [2.05, 4.69) is 31.9 Å². The van der Waals surface area contributed by atoms with Gasteiger partial charge >= 0.3 is 5.97 Å². The topological polar surface area (TPSA) is 268 Å². The van der Waals surface area contributed by atoms with Crippen LogP contribution in [0.4, 0.5) is 0 Å². The van der Waals surface area contributed by atoms with Crippen molar-refractivity contribution in [3.63, 3.8) is 0 Å². The molecule has 0 saturated heterocycles. The number of amides is 8. The summed E-state index contributed by atoms with van der Waals surface area (Å²) in [5, 5.41) is 22.8. The summed E-state index contributed by atoms with van der Waals surface area (Å²) in [7, 11) is 0. The van der Waals surface area contributed by atoms with E-state index in [0.29, 0.717) is 12.0 Å². The van der Waals surface area contributed by atoms with E-state index in [9.17, 15) is 43.2 Å². The molecule has 1 atom stereocenters. The highest BCUT2D eigenvalue weighted by Crippen LogP contribution is 2.21. The number of carboxylic acid groups (broad SMARTS) is 1. The number of aliphatic carboxylic acids is 1. The van der Waals surface area contributed by atoms with Crippen molar-refractivity contribution in [2.75, 3.05) is 52.7 Å². The Kier molecular flexibility index (Phi) is 19.7. The molecule has 0 bridgehead atoms. The highest BCUT2D eigenvalue weighted by atomic mass is 16.5. The molecule has 1 aromatic carbocycles. The number of nitrogens with one attached hydrogen (secondary N) is 6. The van der Waals surface area contributed by atoms with Crippen LogP contribution in [0, 0.1) is 5.41 Å². The van der Waals surface area contributed by atoms with E-state index >= 15 is 0 Å². The minimum absolute atomic E-state index is 0.0504. The monoisotopic (exact) mass is 747 g/mol. The molecule has 53 heavy (non-hydrogen) atoms. The first-order chi connectivity index (χ1) is 24.9. The lowest BCUT2D eigenvalue weighted by atomic mass is 9.93. The summed E-state index contributed by atoms with van der Waals surface area (Å²) in [5.41, 5.74) is -1.42. The summed E-state index contributed by atoms with van der Waals surface area (Å²) in [4.78, 5) is 110. The minimum atomic E-state index is -1.22. The second-order valence-electron chi connectivity index (χ2n) is 12.8. The number of allylic oxidation sites excluding steroid dienone is 1. The fourth-order valence-corrected chi connectivity index (χ4v) is 4.11. The Bertz CT molecular complexity index is 1480. The smallest absolute Gasteiger partial charge is 0.329 e. The first-order valence-electron chi connectivity index (χ1n) is 16.4. The van der Waals surface area contributed by atoms with Crippen molar-refractivity contribution in [3.05, 3.63) is 48.0 Å². The standard InChI is InChI=1S/C34H49N7O12/c1-6-10-29(47)41(22-42)19-34(4,5)53-20-33(2,3)32(51)38-16-26(44)35-14-25(43)36-17-28(46)40-24(13-23-11-8-7-9-12-23)31(50)37-15-27(45)39-21-52-18-30(48)49/h6-12,22,24H,13-21H2,1-5H3,(H,35,44)(H,36,43)(H,37,50)(H,38,51)(H,39,45)(H,40,46)(H,48,49)/b10-6-. The van der Waals surface area contributed by atoms with E-state index in [0.717, 1.165) is 4.90 Å². The second-order valence-corrected chi connectivity index (χ2v) is 12.8. The van der Waals surface area contributed by atoms with Crippen LogP contribution in [-0.4, -0.2) is 128 Å². The van der Waals surface area contributed by atoms with E-state index in [-0.39, 0.29) is 26.3 Å². The third-order valence-electron chi connectivity index (χ3n) is 6.97. The van der Waals surface area contributed by atoms with Crippen molar-refractivity contribution in [2.45, 2.75) is 52.7 Å². The molecular weight excluding hydrogens is 698 g/mol. The molecule has 0 saturated carbocycles. The van der Waals surface area contributed by atoms with E-state index < -0.39 is 97.2 Å². The molecule has 19 heteroatoms. The van der Waals surface area contributed by atoms with Crippen LogP contribution >= 0.6 is 0 Å². The number of carbonyl (C=O) groups excluding carboxylic acids is 8. The first kappa shape index (κ1) is 45.3. The maximum atomic E-state index is 12.9. The SMILES string of the molecule is C/C=C\C(=O)N(C=O)CC(C)(C)OCC(C)(C)C(=O)NCC(=O)NCC(=O)NCC(=O)NC(Cc1ccccc1)C(=O)NCC(=O)NCOCC(=O)O. The van der Waals surface area contributed by atoms with Crippen LogP contribution in [0.1, 0.15) is 40.2 Å². The van der Waals surface area contributed by atoms with E-state index in [1.807, 2.05) is 0 Å². The maximum Gasteiger partial charge on any atom is 0.329 e. The molecule has 0 aliphatic rings. The number of benzene rings is 1. The van der Waals surface area contributed by atoms with Gasteiger partial charge < -0.3 is 46.5 Å². The Balaban J connectivity index is 2.55. The van der Waals surface area contributed by atoms with Crippen LogP contribution in [0.2, 0.25) is 0 Å². The normalized spacial score (nSPS) is 11.8. The van der Waals surface area contributed by atoms with Gasteiger partial charge in [0.05, 0.1) is 50.3 Å². The van der Waals surface area contributed by atoms with Crippen LogP contribution < -0.4 is 31.9 Å². The van der Waals surface area contributed by atoms with Crippen LogP contribution in [-0.2, 0) is 59.0 Å². The Labute approximate surface area is 306 Å². The van der Waals surface area contributed by atoms with Gasteiger partial charge in [-0.15, -0.1) is 0 Å². The molecule has 1 aromatic rings. The fourth-order valence-electron chi connectivity index (χ4n) is 4.11. The Morgan fingerprint density at radius 1 is 0.811 bits per heavy atom. The predicted octanol–water partition coefficient (Wildman–Crippen LogP) is -2.26. The zero-order chi connectivity index (χ0) is 40.0. The van der Waals surface area contributed by atoms with Crippen LogP contribution in [0.25, 0.3) is 0 Å². The number of carboxylic acids is 1. The van der Waals surface area contributed by atoms with Crippen LogP contribution in [0.15, 0.2) is 42.5 Å². The fraction of sp³-hybridized carbons (Fsp3) is 0.500. The van der Waals surface area contributed by atoms with Crippen molar-refractivity contribution < 1.29 is 57.7 Å². The molecular formula is C34H49N7O12. The van der Waals surface area contributed by atoms with Crippen molar-refractivity contribution >= 4 is 53.7 Å². The van der Waals surface area contributed by atoms with Gasteiger partial charge in [-0.2, -0.15) is 0 Å². The average Bonchev–Trinajstić information content (AvgIpc) is 3.11. The number of hydrogen-bond acceptors (Lipinski definition) is 11. The largest absolute Gasteiger partial charge is 0.480 e. The molecule has 1 unspecified atom stereocenters. The van der Waals surface area contributed by atoms with E-state index in [1.54, 1.807) is 65.0 Å². The van der Waals surface area contributed by atoms with Gasteiger partial charge in [0, 0.05) is 6.42 Å². The number of nitrogens with zero attached hydrogens (tertiary/aromatic N) is 1. The summed E-state index contributed by atoms with van der Waals surface area (Å²) in [6.45, 7) is 4.86. The number of ether oxygens (including phenoxy) is 2. The lowest BCUT2D eigenvalue weighted by Gasteiger charge is -2.33. The van der Waals surface area contributed by atoms with Gasteiger partial charge in [-0.1, -0.05) is 36.4 Å². The first-order valence-corrected chi connectivity index (χ1v) is 16.4. The molecule has 0 aliphatic heterocycles. The van der Waals surface area contributed by atoms with Gasteiger partial charge in [-0.25, -0.2) is 4.79 Å². The molecule has 1 rings (SSSR count). The Morgan fingerprint density at radius 2 is 1.38 bits per heavy atom. The molecule has 8 amide bonds. The molecule has 0 fully saturated rings. The van der Waals surface area contributed by atoms with Crippen LogP contribution in [0.3, 0.4) is 0 Å². The molecule has 292 valence electrons. The van der Waals surface area contributed by atoms with Gasteiger partial charge in [0.1, 0.15) is 19.4 Å². The summed E-state index contributed by atoms with van der Waals surface area (Å²) in [6, 6.07) is 7.54. The van der Waals surface area contributed by atoms with Gasteiger partial charge in [0.25, 0.3) is 5.91 Å². The minimum Gasteiger partial charge on any atom is -0.480 e. The summed E-state index contributed by atoms with van der Waals surface area (Å²) >= 11 is 0. The molecule has 7 N–H and O–H groups in total. The molecule has 0 spiro atoms. The van der Waals surface area contributed by atoms with Gasteiger partial charge in [0.2, 0.25) is 41.9 Å². The summed E-state index contributed by atoms with van der Waals surface area (Å²) in [6.07, 6.45) is 3.18. The second kappa shape index (κ2) is 23.0. The number of carbonyl (C=O) groups is 9. The average molecular weight is 748 g/mol. The predicted molar refractivity (Wildman–Crippen MR) is 187 cm³/mol. The van der Waals surface area contributed by atoms with Crippen molar-refractivity contribution in [1.82, 2.24) is 36.8 Å². The lowest BCUT2D eigenvalue weighted by Crippen LogP contribution is -2.52. The highest BCUT2D eigenvalue weighted by molar-refractivity contribution is 5.95. The van der Waals surface area contributed by atoms with E-state index in [4.69, 9.17) is 14.6 Å². The number of hydrogen-bond donors (Lipinski definition) is 7. The third-order valence-corrected chi connectivity index (χ3v) is 6.97. The maximum absolute atomic E-state index is 12.9. The molecule has 0 aliphatic carbocycles. The summed E-state index contributed by atoms with van der Waals surface area (Å²) in [5.74, 6) is -5.83. The zero-order valence-corrected chi connectivity index (χ0v) is 30.4. The molecule has 0 heterocycles. The van der Waals surface area contributed by atoms with Gasteiger partial charge in [-0.3, -0.25) is 43.3 Å². The van der Waals surface area contributed by atoms with Crippen LogP contribution in [0.5, 0.6) is 0 Å². The third kappa shape index (κ3) is 19.5. The van der Waals surface area contributed by atoms with Crippen molar-refractivity contribution in [3.8, 4) is 0 Å². The molecule has 0 radical (unpaired) electrons. The van der Waals surface area contributed by atoms with Crippen molar-refractivity contribution in [1.29, 1.82) is 0 Å². The summed E-state index contributed by atoms with van der Waals surface area (Å²) < 4.78 is 10.5. The van der Waals surface area contributed by atoms with E-state index in [1.165, 1.54) is 12.2 Å².